The second kappa shape index (κ2) is 7.45. The third-order valence-electron chi connectivity index (χ3n) is 3.02. The molecule has 0 bridgehead atoms. The molecule has 0 fully saturated rings. The predicted octanol–water partition coefficient (Wildman–Crippen LogP) is 3.88. The lowest BCUT2D eigenvalue weighted by Crippen LogP contribution is -2.14. The first kappa shape index (κ1) is 16.5. The zero-order valence-electron chi connectivity index (χ0n) is 12.2. The van der Waals surface area contributed by atoms with Crippen LogP contribution in [0.3, 0.4) is 0 Å². The Labute approximate surface area is 155 Å². The van der Waals surface area contributed by atoms with Gasteiger partial charge in [-0.05, 0) is 52.2 Å². The van der Waals surface area contributed by atoms with Crippen LogP contribution >= 0.6 is 45.7 Å². The van der Waals surface area contributed by atoms with Gasteiger partial charge in [0, 0.05) is 16.3 Å². The number of rotatable bonds is 5. The van der Waals surface area contributed by atoms with E-state index < -0.39 is 0 Å². The summed E-state index contributed by atoms with van der Waals surface area (Å²) < 4.78 is 3.00. The van der Waals surface area contributed by atoms with Crippen LogP contribution < -0.4 is 5.32 Å². The van der Waals surface area contributed by atoms with E-state index in [1.165, 1.54) is 11.8 Å². The third kappa shape index (κ3) is 4.12. The SMILES string of the molecule is Cn1c(SCC(=O)Nc2cccc(I)c2)nnc1-c1cccs1. The van der Waals surface area contributed by atoms with Crippen molar-refractivity contribution < 1.29 is 4.79 Å². The van der Waals surface area contributed by atoms with Gasteiger partial charge < -0.3 is 9.88 Å². The molecule has 2 heterocycles. The molecule has 0 aliphatic rings. The Morgan fingerprint density at radius 1 is 1.35 bits per heavy atom. The van der Waals surface area contributed by atoms with Crippen LogP contribution in [0.1, 0.15) is 0 Å². The lowest BCUT2D eigenvalue weighted by atomic mass is 10.3. The van der Waals surface area contributed by atoms with E-state index in [9.17, 15) is 4.79 Å². The maximum absolute atomic E-state index is 12.1. The van der Waals surface area contributed by atoms with E-state index in [1.807, 2.05) is 53.4 Å². The van der Waals surface area contributed by atoms with Crippen molar-refractivity contribution in [1.82, 2.24) is 14.8 Å². The van der Waals surface area contributed by atoms with E-state index in [0.717, 1.165) is 25.1 Å². The van der Waals surface area contributed by atoms with Crippen molar-refractivity contribution >= 4 is 57.3 Å². The van der Waals surface area contributed by atoms with Crippen molar-refractivity contribution in [3.05, 3.63) is 45.3 Å². The molecule has 1 aromatic carbocycles. The molecule has 0 saturated carbocycles. The Kier molecular flexibility index (Phi) is 5.34. The molecular weight excluding hydrogens is 443 g/mol. The first-order valence-electron chi connectivity index (χ1n) is 6.75. The van der Waals surface area contributed by atoms with E-state index in [-0.39, 0.29) is 5.91 Å². The number of thioether (sulfide) groups is 1. The topological polar surface area (TPSA) is 59.8 Å². The molecule has 0 saturated heterocycles. The van der Waals surface area contributed by atoms with Gasteiger partial charge in [-0.1, -0.05) is 23.9 Å². The van der Waals surface area contributed by atoms with Gasteiger partial charge in [-0.15, -0.1) is 21.5 Å². The monoisotopic (exact) mass is 456 g/mol. The lowest BCUT2D eigenvalue weighted by molar-refractivity contribution is -0.113. The highest BCUT2D eigenvalue weighted by Crippen LogP contribution is 2.26. The van der Waals surface area contributed by atoms with Gasteiger partial charge in [0.25, 0.3) is 0 Å². The maximum Gasteiger partial charge on any atom is 0.234 e. The Balaban J connectivity index is 1.61. The van der Waals surface area contributed by atoms with Crippen LogP contribution in [0.4, 0.5) is 5.69 Å². The number of anilines is 1. The molecule has 2 aromatic heterocycles. The van der Waals surface area contributed by atoms with Gasteiger partial charge in [0.15, 0.2) is 11.0 Å². The van der Waals surface area contributed by atoms with Crippen LogP contribution in [0.25, 0.3) is 10.7 Å². The highest BCUT2D eigenvalue weighted by molar-refractivity contribution is 14.1. The molecule has 8 heteroatoms. The molecule has 3 rings (SSSR count). The van der Waals surface area contributed by atoms with Crippen LogP contribution in [0, 0.1) is 3.57 Å². The summed E-state index contributed by atoms with van der Waals surface area (Å²) in [5.41, 5.74) is 0.805. The number of thiophene rings is 1. The molecule has 0 spiro atoms. The molecule has 0 aliphatic heterocycles. The average molecular weight is 456 g/mol. The first-order chi connectivity index (χ1) is 11.1. The highest BCUT2D eigenvalue weighted by Gasteiger charge is 2.13. The lowest BCUT2D eigenvalue weighted by Gasteiger charge is -2.05. The number of aromatic nitrogens is 3. The van der Waals surface area contributed by atoms with E-state index in [1.54, 1.807) is 11.3 Å². The summed E-state index contributed by atoms with van der Waals surface area (Å²) in [4.78, 5) is 13.1. The fourth-order valence-corrected chi connectivity index (χ4v) is 3.95. The number of carbonyl (C=O) groups is 1. The first-order valence-corrected chi connectivity index (χ1v) is 9.69. The minimum Gasteiger partial charge on any atom is -0.325 e. The minimum atomic E-state index is -0.0577. The van der Waals surface area contributed by atoms with Gasteiger partial charge in [0.05, 0.1) is 10.6 Å². The largest absolute Gasteiger partial charge is 0.325 e. The van der Waals surface area contributed by atoms with Crippen molar-refractivity contribution in [1.29, 1.82) is 0 Å². The summed E-state index contributed by atoms with van der Waals surface area (Å²) >= 11 is 5.21. The van der Waals surface area contributed by atoms with Crippen molar-refractivity contribution in [2.24, 2.45) is 7.05 Å². The van der Waals surface area contributed by atoms with Crippen LogP contribution in [-0.2, 0) is 11.8 Å². The smallest absolute Gasteiger partial charge is 0.234 e. The molecule has 1 amide bonds. The Hall–Kier alpha value is -1.39. The number of benzene rings is 1. The highest BCUT2D eigenvalue weighted by atomic mass is 127. The van der Waals surface area contributed by atoms with E-state index in [0.29, 0.717) is 5.75 Å². The Morgan fingerprint density at radius 3 is 2.96 bits per heavy atom. The molecule has 0 aliphatic carbocycles. The van der Waals surface area contributed by atoms with Gasteiger partial charge in [0.2, 0.25) is 5.91 Å². The van der Waals surface area contributed by atoms with Gasteiger partial charge >= 0.3 is 0 Å². The average Bonchev–Trinajstić information content (AvgIpc) is 3.15. The molecule has 0 atom stereocenters. The number of halogens is 1. The van der Waals surface area contributed by atoms with Gasteiger partial charge in [-0.25, -0.2) is 0 Å². The summed E-state index contributed by atoms with van der Waals surface area (Å²) in [7, 11) is 1.91. The van der Waals surface area contributed by atoms with Crippen molar-refractivity contribution in [3.8, 4) is 10.7 Å². The molecule has 5 nitrogen and oxygen atoms in total. The van der Waals surface area contributed by atoms with Crippen LogP contribution in [0.15, 0.2) is 46.9 Å². The molecule has 0 unspecified atom stereocenters. The van der Waals surface area contributed by atoms with Crippen molar-refractivity contribution in [3.63, 3.8) is 0 Å². The van der Waals surface area contributed by atoms with Gasteiger partial charge in [-0.2, -0.15) is 0 Å². The Morgan fingerprint density at radius 2 is 2.22 bits per heavy atom. The number of hydrogen-bond acceptors (Lipinski definition) is 5. The zero-order chi connectivity index (χ0) is 16.2. The fourth-order valence-electron chi connectivity index (χ4n) is 1.95. The normalized spacial score (nSPS) is 10.7. The number of nitrogens with zero attached hydrogens (tertiary/aromatic N) is 3. The van der Waals surface area contributed by atoms with Crippen LogP contribution in [0.2, 0.25) is 0 Å². The van der Waals surface area contributed by atoms with Crippen LogP contribution in [-0.4, -0.2) is 26.4 Å². The van der Waals surface area contributed by atoms with Crippen LogP contribution in [0.5, 0.6) is 0 Å². The second-order valence-corrected chi connectivity index (χ2v) is 7.83. The fraction of sp³-hybridized carbons (Fsp3) is 0.133. The standard InChI is InChI=1S/C15H13IN4OS2/c1-20-14(12-6-3-7-22-12)18-19-15(20)23-9-13(21)17-11-5-2-4-10(16)8-11/h2-8H,9H2,1H3,(H,17,21). The maximum atomic E-state index is 12.1. The van der Waals surface area contributed by atoms with E-state index in [2.05, 4.69) is 38.1 Å². The minimum absolute atomic E-state index is 0.0577. The second-order valence-electron chi connectivity index (χ2n) is 4.69. The zero-order valence-corrected chi connectivity index (χ0v) is 16.0. The summed E-state index contributed by atoms with van der Waals surface area (Å²) in [5, 5.41) is 14.0. The summed E-state index contributed by atoms with van der Waals surface area (Å²) in [5.74, 6) is 1.06. The molecule has 0 radical (unpaired) electrons. The van der Waals surface area contributed by atoms with Crippen molar-refractivity contribution in [2.75, 3.05) is 11.1 Å². The van der Waals surface area contributed by atoms with Gasteiger partial charge in [-0.3, -0.25) is 4.79 Å². The quantitative estimate of drug-likeness (QED) is 0.468. The van der Waals surface area contributed by atoms with Crippen molar-refractivity contribution in [2.45, 2.75) is 5.16 Å². The number of hydrogen-bond donors (Lipinski definition) is 1. The third-order valence-corrected chi connectivity index (χ3v) is 5.57. The van der Waals surface area contributed by atoms with E-state index in [4.69, 9.17) is 0 Å². The summed E-state index contributed by atoms with van der Waals surface area (Å²) in [6.07, 6.45) is 0. The number of nitrogens with one attached hydrogen (secondary N) is 1. The Bertz CT molecular complexity index is 817. The molecule has 23 heavy (non-hydrogen) atoms. The molecule has 3 aromatic rings. The number of amides is 1. The summed E-state index contributed by atoms with van der Waals surface area (Å²) in [6.45, 7) is 0. The predicted molar refractivity (Wildman–Crippen MR) is 103 cm³/mol. The number of carbonyl (C=O) groups excluding carboxylic acids is 1. The summed E-state index contributed by atoms with van der Waals surface area (Å²) in [6, 6.07) is 11.7. The van der Waals surface area contributed by atoms with E-state index >= 15 is 0 Å². The van der Waals surface area contributed by atoms with Gasteiger partial charge in [0.1, 0.15) is 0 Å². The molecular formula is C15H13IN4OS2. The molecule has 118 valence electrons. The molecule has 1 N–H and O–H groups in total.